The molecular formula is C30H42N4O5. The Hall–Kier alpha value is -3.88. The van der Waals surface area contributed by atoms with Crippen molar-refractivity contribution in [1.82, 2.24) is 15.5 Å². The van der Waals surface area contributed by atoms with Crippen LogP contribution in [-0.2, 0) is 25.7 Å². The van der Waals surface area contributed by atoms with Gasteiger partial charge in [0.25, 0.3) is 0 Å². The molecule has 0 bridgehead atoms. The summed E-state index contributed by atoms with van der Waals surface area (Å²) in [6.07, 6.45) is -0.784. The molecule has 39 heavy (non-hydrogen) atoms. The van der Waals surface area contributed by atoms with Crippen LogP contribution in [0.15, 0.2) is 48.5 Å². The number of nitrogens with zero attached hydrogens (tertiary/aromatic N) is 1. The van der Waals surface area contributed by atoms with Gasteiger partial charge in [-0.25, -0.2) is 4.79 Å². The van der Waals surface area contributed by atoms with E-state index in [4.69, 9.17) is 10.5 Å². The first kappa shape index (κ1) is 31.3. The third-order valence-corrected chi connectivity index (χ3v) is 6.28. The zero-order valence-electron chi connectivity index (χ0n) is 24.0. The van der Waals surface area contributed by atoms with Gasteiger partial charge in [-0.3, -0.25) is 14.4 Å². The van der Waals surface area contributed by atoms with Gasteiger partial charge < -0.3 is 26.0 Å². The predicted octanol–water partition coefficient (Wildman–Crippen LogP) is 4.06. The van der Waals surface area contributed by atoms with E-state index in [9.17, 15) is 19.2 Å². The molecule has 3 atom stereocenters. The lowest BCUT2D eigenvalue weighted by Gasteiger charge is -2.38. The van der Waals surface area contributed by atoms with Gasteiger partial charge >= 0.3 is 6.09 Å². The van der Waals surface area contributed by atoms with Crippen LogP contribution in [0.2, 0.25) is 0 Å². The minimum atomic E-state index is -1.32. The van der Waals surface area contributed by atoms with Crippen molar-refractivity contribution in [3.63, 3.8) is 0 Å². The van der Waals surface area contributed by atoms with Crippen LogP contribution in [0.3, 0.4) is 0 Å². The summed E-state index contributed by atoms with van der Waals surface area (Å²) in [5, 5.41) is 5.48. The number of hydrogen-bond donors (Lipinski definition) is 3. The van der Waals surface area contributed by atoms with E-state index in [2.05, 4.69) is 10.6 Å². The van der Waals surface area contributed by atoms with E-state index in [0.717, 1.165) is 16.7 Å². The zero-order chi connectivity index (χ0) is 29.3. The van der Waals surface area contributed by atoms with E-state index < -0.39 is 48.1 Å². The van der Waals surface area contributed by atoms with Crippen molar-refractivity contribution in [2.75, 3.05) is 0 Å². The van der Waals surface area contributed by atoms with Crippen molar-refractivity contribution in [2.45, 2.75) is 91.6 Å². The summed E-state index contributed by atoms with van der Waals surface area (Å²) in [7, 11) is 0. The first-order chi connectivity index (χ1) is 18.2. The lowest BCUT2D eigenvalue weighted by atomic mass is 9.94. The molecule has 0 heterocycles. The fourth-order valence-electron chi connectivity index (χ4n) is 4.18. The molecule has 0 aromatic heterocycles. The topological polar surface area (TPSA) is 131 Å². The second-order valence-corrected chi connectivity index (χ2v) is 10.8. The average Bonchev–Trinajstić information content (AvgIpc) is 2.85. The van der Waals surface area contributed by atoms with Crippen molar-refractivity contribution in [1.29, 1.82) is 0 Å². The third-order valence-electron chi connectivity index (χ3n) is 6.28. The fraction of sp³-hybridized carbons (Fsp3) is 0.467. The Labute approximate surface area is 231 Å². The highest BCUT2D eigenvalue weighted by Crippen LogP contribution is 2.29. The molecule has 0 fully saturated rings. The number of alkyl carbamates (subject to hydrolysis) is 1. The summed E-state index contributed by atoms with van der Waals surface area (Å²) >= 11 is 0. The van der Waals surface area contributed by atoms with Crippen molar-refractivity contribution < 1.29 is 23.9 Å². The summed E-state index contributed by atoms with van der Waals surface area (Å²) < 4.78 is 5.33. The van der Waals surface area contributed by atoms with Crippen LogP contribution in [-0.4, -0.2) is 46.4 Å². The van der Waals surface area contributed by atoms with E-state index in [1.54, 1.807) is 20.8 Å². The first-order valence-electron chi connectivity index (χ1n) is 13.2. The smallest absolute Gasteiger partial charge is 0.408 e. The van der Waals surface area contributed by atoms with Gasteiger partial charge in [0.05, 0.1) is 6.42 Å². The van der Waals surface area contributed by atoms with Gasteiger partial charge in [0.2, 0.25) is 17.7 Å². The molecule has 0 saturated carbocycles. The number of aryl methyl sites for hydroxylation is 2. The maximum absolute atomic E-state index is 14.1. The monoisotopic (exact) mass is 538 g/mol. The minimum Gasteiger partial charge on any atom is -0.444 e. The van der Waals surface area contributed by atoms with Crippen LogP contribution >= 0.6 is 0 Å². The molecule has 0 aliphatic rings. The van der Waals surface area contributed by atoms with E-state index >= 15 is 0 Å². The predicted molar refractivity (Wildman–Crippen MR) is 151 cm³/mol. The zero-order valence-corrected chi connectivity index (χ0v) is 24.0. The number of rotatable bonds is 11. The number of amides is 4. The summed E-state index contributed by atoms with van der Waals surface area (Å²) in [6.45, 7) is 12.9. The summed E-state index contributed by atoms with van der Waals surface area (Å²) in [5.41, 5.74) is 7.96. The SMILES string of the molecule is CCC(C)N(C(=O)C(CC(N)=O)NC(=O)OC(C)(C)C)C(C(=O)NCc1ccccc1)c1cc(C)ccc1C. The highest BCUT2D eigenvalue weighted by atomic mass is 16.6. The van der Waals surface area contributed by atoms with Crippen molar-refractivity contribution in [2.24, 2.45) is 5.73 Å². The Morgan fingerprint density at radius 3 is 2.23 bits per heavy atom. The van der Waals surface area contributed by atoms with Crippen molar-refractivity contribution in [3.8, 4) is 0 Å². The maximum Gasteiger partial charge on any atom is 0.408 e. The van der Waals surface area contributed by atoms with Crippen LogP contribution in [0.4, 0.5) is 4.79 Å². The molecule has 2 rings (SSSR count). The maximum atomic E-state index is 14.1. The Kier molecular flexibility index (Phi) is 11.1. The molecule has 2 aromatic rings. The van der Waals surface area contributed by atoms with Gasteiger partial charge in [-0.05, 0) is 64.7 Å². The van der Waals surface area contributed by atoms with Crippen molar-refractivity contribution >= 4 is 23.8 Å². The Morgan fingerprint density at radius 1 is 1.03 bits per heavy atom. The van der Waals surface area contributed by atoms with Crippen molar-refractivity contribution in [3.05, 3.63) is 70.8 Å². The number of nitrogens with one attached hydrogen (secondary N) is 2. The average molecular weight is 539 g/mol. The largest absolute Gasteiger partial charge is 0.444 e. The van der Waals surface area contributed by atoms with E-state index in [-0.39, 0.29) is 12.5 Å². The van der Waals surface area contributed by atoms with E-state index in [1.165, 1.54) is 4.90 Å². The Morgan fingerprint density at radius 2 is 1.67 bits per heavy atom. The number of carbonyl (C=O) groups is 4. The van der Waals surface area contributed by atoms with Crippen LogP contribution < -0.4 is 16.4 Å². The van der Waals surface area contributed by atoms with Gasteiger partial charge in [0.15, 0.2) is 0 Å². The Bertz CT molecular complexity index is 1160. The van der Waals surface area contributed by atoms with Gasteiger partial charge in [0.1, 0.15) is 17.7 Å². The molecule has 0 radical (unpaired) electrons. The van der Waals surface area contributed by atoms with Crippen LogP contribution in [0.1, 0.15) is 75.8 Å². The lowest BCUT2D eigenvalue weighted by Crippen LogP contribution is -2.56. The molecule has 0 spiro atoms. The summed E-state index contributed by atoms with van der Waals surface area (Å²) in [6, 6.07) is 12.4. The Balaban J connectivity index is 2.56. The molecule has 0 saturated heterocycles. The molecule has 4 N–H and O–H groups in total. The number of nitrogens with two attached hydrogens (primary N) is 1. The quantitative estimate of drug-likeness (QED) is 0.397. The summed E-state index contributed by atoms with van der Waals surface area (Å²) in [5.74, 6) is -1.75. The molecule has 3 unspecified atom stereocenters. The number of primary amides is 1. The van der Waals surface area contributed by atoms with Crippen LogP contribution in [0, 0.1) is 13.8 Å². The van der Waals surface area contributed by atoms with Crippen LogP contribution in [0.25, 0.3) is 0 Å². The lowest BCUT2D eigenvalue weighted by molar-refractivity contribution is -0.146. The second-order valence-electron chi connectivity index (χ2n) is 10.8. The molecule has 9 nitrogen and oxygen atoms in total. The second kappa shape index (κ2) is 13.8. The standard InChI is InChI=1S/C30H42N4O5/c1-8-21(4)34(28(37)24(17-25(31)35)33-29(38)39-30(5,6)7)26(23-16-19(2)14-15-20(23)3)27(36)32-18-22-12-10-9-11-13-22/h9-16,21,24,26H,8,17-18H2,1-7H3,(H2,31,35)(H,32,36)(H,33,38). The molecular weight excluding hydrogens is 496 g/mol. The molecule has 2 aromatic carbocycles. The number of ether oxygens (including phenoxy) is 1. The van der Waals surface area contributed by atoms with Gasteiger partial charge in [0, 0.05) is 12.6 Å². The van der Waals surface area contributed by atoms with Gasteiger partial charge in [-0.15, -0.1) is 0 Å². The number of hydrogen-bond acceptors (Lipinski definition) is 5. The normalized spacial score (nSPS) is 13.5. The number of carbonyl (C=O) groups excluding carboxylic acids is 4. The minimum absolute atomic E-state index is 0.268. The molecule has 212 valence electrons. The molecule has 9 heteroatoms. The van der Waals surface area contributed by atoms with Gasteiger partial charge in [-0.1, -0.05) is 61.0 Å². The van der Waals surface area contributed by atoms with Crippen LogP contribution in [0.5, 0.6) is 0 Å². The molecule has 0 aliphatic carbocycles. The number of benzene rings is 2. The highest BCUT2D eigenvalue weighted by Gasteiger charge is 2.39. The highest BCUT2D eigenvalue weighted by molar-refractivity contribution is 5.94. The fourth-order valence-corrected chi connectivity index (χ4v) is 4.18. The first-order valence-corrected chi connectivity index (χ1v) is 13.2. The van der Waals surface area contributed by atoms with E-state index in [1.807, 2.05) is 76.2 Å². The van der Waals surface area contributed by atoms with Gasteiger partial charge in [-0.2, -0.15) is 0 Å². The molecule has 4 amide bonds. The third kappa shape index (κ3) is 9.42. The summed E-state index contributed by atoms with van der Waals surface area (Å²) in [4.78, 5) is 54.1. The van der Waals surface area contributed by atoms with E-state index in [0.29, 0.717) is 12.0 Å². The molecule has 0 aliphatic heterocycles.